The predicted octanol–water partition coefficient (Wildman–Crippen LogP) is 5.27. The molecule has 0 N–H and O–H groups in total. The summed E-state index contributed by atoms with van der Waals surface area (Å²) in [5.74, 6) is 1.50. The Hall–Kier alpha value is -0.0301. The van der Waals surface area contributed by atoms with Crippen LogP contribution in [0.4, 0.5) is 0 Å². The summed E-state index contributed by atoms with van der Waals surface area (Å²) in [6.45, 7) is 17.4. The van der Waals surface area contributed by atoms with Gasteiger partial charge in [0.05, 0.1) is 22.4 Å². The maximum atomic E-state index is 6.63. The first-order valence-electron chi connectivity index (χ1n) is 11.4. The van der Waals surface area contributed by atoms with Crippen LogP contribution in [-0.4, -0.2) is 36.6 Å². The maximum Gasteiger partial charge on any atom is 0.464 e. The molecule has 6 aliphatic rings. The van der Waals surface area contributed by atoms with Gasteiger partial charge in [-0.05, 0) is 106 Å². The van der Waals surface area contributed by atoms with E-state index in [9.17, 15) is 0 Å². The highest BCUT2D eigenvalue weighted by Crippen LogP contribution is 2.75. The molecule has 4 aliphatic carbocycles. The number of hydrogen-bond acceptors (Lipinski definition) is 4. The molecular formula is C22H38B2O4. The zero-order chi connectivity index (χ0) is 20.4. The summed E-state index contributed by atoms with van der Waals surface area (Å²) in [4.78, 5) is 0. The fourth-order valence-electron chi connectivity index (χ4n) is 7.14. The zero-order valence-corrected chi connectivity index (χ0v) is 19.2. The van der Waals surface area contributed by atoms with Crippen molar-refractivity contribution in [3.63, 3.8) is 0 Å². The van der Waals surface area contributed by atoms with Crippen LogP contribution in [0.3, 0.4) is 0 Å². The molecule has 6 fully saturated rings. The lowest BCUT2D eigenvalue weighted by molar-refractivity contribution is 0.00242. The van der Waals surface area contributed by atoms with Crippen LogP contribution in [-0.2, 0) is 18.6 Å². The molecule has 156 valence electrons. The van der Waals surface area contributed by atoms with Crippen LogP contribution < -0.4 is 0 Å². The molecule has 4 bridgehead atoms. The van der Waals surface area contributed by atoms with Crippen LogP contribution in [0.15, 0.2) is 0 Å². The molecule has 0 aromatic rings. The van der Waals surface area contributed by atoms with E-state index >= 15 is 0 Å². The Morgan fingerprint density at radius 1 is 0.536 bits per heavy atom. The molecule has 2 heterocycles. The maximum absolute atomic E-state index is 6.63. The summed E-state index contributed by atoms with van der Waals surface area (Å²) in [5.41, 5.74) is -1.06. The third kappa shape index (κ3) is 2.53. The number of rotatable bonds is 2. The minimum absolute atomic E-state index is 0.106. The van der Waals surface area contributed by atoms with E-state index in [1.54, 1.807) is 0 Å². The van der Waals surface area contributed by atoms with E-state index in [0.29, 0.717) is 0 Å². The van der Waals surface area contributed by atoms with Gasteiger partial charge in [0.2, 0.25) is 0 Å². The van der Waals surface area contributed by atoms with E-state index in [4.69, 9.17) is 18.6 Å². The first-order chi connectivity index (χ1) is 12.7. The lowest BCUT2D eigenvalue weighted by atomic mass is 9.29. The molecule has 2 aliphatic heterocycles. The molecule has 4 nitrogen and oxygen atoms in total. The zero-order valence-electron chi connectivity index (χ0n) is 19.2. The van der Waals surface area contributed by atoms with Crippen molar-refractivity contribution in [3.05, 3.63) is 0 Å². The fourth-order valence-corrected chi connectivity index (χ4v) is 7.14. The summed E-state index contributed by atoms with van der Waals surface area (Å²) in [6.07, 6.45) is 7.43. The van der Waals surface area contributed by atoms with Gasteiger partial charge < -0.3 is 18.6 Å². The highest BCUT2D eigenvalue weighted by molar-refractivity contribution is 6.52. The Labute approximate surface area is 172 Å². The van der Waals surface area contributed by atoms with Crippen LogP contribution in [0.2, 0.25) is 10.6 Å². The molecular weight excluding hydrogens is 350 g/mol. The largest absolute Gasteiger partial charge is 0.464 e. The van der Waals surface area contributed by atoms with Crippen molar-refractivity contribution in [2.45, 2.75) is 127 Å². The molecule has 0 aromatic carbocycles. The van der Waals surface area contributed by atoms with Gasteiger partial charge in [-0.1, -0.05) is 0 Å². The van der Waals surface area contributed by atoms with Gasteiger partial charge in [0.25, 0.3) is 0 Å². The smallest absolute Gasteiger partial charge is 0.403 e. The van der Waals surface area contributed by atoms with Gasteiger partial charge in [0, 0.05) is 10.6 Å². The van der Waals surface area contributed by atoms with E-state index in [1.807, 2.05) is 0 Å². The van der Waals surface area contributed by atoms with Gasteiger partial charge in [-0.25, -0.2) is 0 Å². The van der Waals surface area contributed by atoms with Crippen molar-refractivity contribution in [1.82, 2.24) is 0 Å². The Bertz CT molecular complexity index is 586. The lowest BCUT2D eigenvalue weighted by Crippen LogP contribution is -2.56. The molecule has 28 heavy (non-hydrogen) atoms. The topological polar surface area (TPSA) is 36.9 Å². The van der Waals surface area contributed by atoms with Crippen molar-refractivity contribution in [3.8, 4) is 0 Å². The van der Waals surface area contributed by atoms with E-state index < -0.39 is 0 Å². The average Bonchev–Trinajstić information content (AvgIpc) is 2.87. The van der Waals surface area contributed by atoms with Crippen LogP contribution in [0.5, 0.6) is 0 Å². The van der Waals surface area contributed by atoms with Gasteiger partial charge in [-0.2, -0.15) is 0 Å². The summed E-state index contributed by atoms with van der Waals surface area (Å²) in [6, 6.07) is 0. The van der Waals surface area contributed by atoms with Gasteiger partial charge in [0.1, 0.15) is 0 Å². The van der Waals surface area contributed by atoms with Gasteiger partial charge >= 0.3 is 14.2 Å². The highest BCUT2D eigenvalue weighted by Gasteiger charge is 2.72. The van der Waals surface area contributed by atoms with Crippen molar-refractivity contribution >= 4 is 14.2 Å². The van der Waals surface area contributed by atoms with Crippen molar-refractivity contribution in [2.24, 2.45) is 11.8 Å². The summed E-state index contributed by atoms with van der Waals surface area (Å²) in [7, 11) is -0.213. The molecule has 0 radical (unpaired) electrons. The monoisotopic (exact) mass is 388 g/mol. The molecule has 0 atom stereocenters. The summed E-state index contributed by atoms with van der Waals surface area (Å²) < 4.78 is 26.5. The first kappa shape index (κ1) is 19.9. The van der Waals surface area contributed by atoms with Crippen molar-refractivity contribution < 1.29 is 18.6 Å². The average molecular weight is 388 g/mol. The SMILES string of the molecule is CC1(C)OB(C23CC4CC(C2)CC(B2OC(C)(C)C(C)(C)O2)(C4)C3)OC1(C)C. The number of hydrogen-bond donors (Lipinski definition) is 0. The molecule has 0 aromatic heterocycles. The second-order valence-corrected chi connectivity index (χ2v) is 12.9. The van der Waals surface area contributed by atoms with E-state index in [-0.39, 0.29) is 47.3 Å². The molecule has 0 spiro atoms. The molecule has 6 rings (SSSR count). The van der Waals surface area contributed by atoms with Crippen molar-refractivity contribution in [1.29, 1.82) is 0 Å². The molecule has 6 heteroatoms. The Kier molecular flexibility index (Phi) is 3.85. The molecule has 0 amide bonds. The first-order valence-corrected chi connectivity index (χ1v) is 11.4. The Balaban J connectivity index is 1.48. The summed E-state index contributed by atoms with van der Waals surface area (Å²) in [5, 5.41) is 0.220. The van der Waals surface area contributed by atoms with Crippen LogP contribution >= 0.6 is 0 Å². The minimum Gasteiger partial charge on any atom is -0.403 e. The summed E-state index contributed by atoms with van der Waals surface area (Å²) >= 11 is 0. The van der Waals surface area contributed by atoms with E-state index in [1.165, 1.54) is 32.1 Å². The Morgan fingerprint density at radius 3 is 1.11 bits per heavy atom. The quantitative estimate of drug-likeness (QED) is 0.605. The highest BCUT2D eigenvalue weighted by atomic mass is 16.7. The Morgan fingerprint density at radius 2 is 0.821 bits per heavy atom. The molecule has 0 unspecified atom stereocenters. The van der Waals surface area contributed by atoms with E-state index in [2.05, 4.69) is 55.4 Å². The van der Waals surface area contributed by atoms with Gasteiger partial charge in [0.15, 0.2) is 0 Å². The van der Waals surface area contributed by atoms with Crippen LogP contribution in [0.25, 0.3) is 0 Å². The fraction of sp³-hybridized carbons (Fsp3) is 1.00. The standard InChI is InChI=1S/C22H38B2O4/c1-17(2)18(3,4)26-23(25-17)21-10-15-9-16(11-21)13-22(12-15,14-21)24-27-19(5,6)20(7,8)28-24/h15-16H,9-14H2,1-8H3. The van der Waals surface area contributed by atoms with Gasteiger partial charge in [-0.15, -0.1) is 0 Å². The predicted molar refractivity (Wildman–Crippen MR) is 112 cm³/mol. The molecule has 4 saturated carbocycles. The van der Waals surface area contributed by atoms with Crippen LogP contribution in [0, 0.1) is 11.8 Å². The van der Waals surface area contributed by atoms with Crippen molar-refractivity contribution in [2.75, 3.05) is 0 Å². The lowest BCUT2D eigenvalue weighted by Gasteiger charge is -2.62. The second-order valence-electron chi connectivity index (χ2n) is 12.9. The normalized spacial score (nSPS) is 47.1. The van der Waals surface area contributed by atoms with Crippen LogP contribution in [0.1, 0.15) is 93.9 Å². The second kappa shape index (κ2) is 5.41. The third-order valence-corrected chi connectivity index (χ3v) is 9.66. The van der Waals surface area contributed by atoms with E-state index in [0.717, 1.165) is 18.3 Å². The molecule has 2 saturated heterocycles. The third-order valence-electron chi connectivity index (χ3n) is 9.66. The minimum atomic E-state index is -0.265. The van der Waals surface area contributed by atoms with Gasteiger partial charge in [-0.3, -0.25) is 0 Å².